The minimum Gasteiger partial charge on any atom is -0.426 e. The second kappa shape index (κ2) is 9.81. The molecule has 5 rings (SSSR count). The third-order valence-electron chi connectivity index (χ3n) is 6.53. The number of para-hydroxylation sites is 1. The molecule has 1 saturated heterocycles. The Labute approximate surface area is 209 Å². The summed E-state index contributed by atoms with van der Waals surface area (Å²) >= 11 is 0. The molecule has 1 N–H and O–H groups in total. The molecule has 1 aliphatic heterocycles. The van der Waals surface area contributed by atoms with Crippen LogP contribution in [0.5, 0.6) is 5.75 Å². The Kier molecular flexibility index (Phi) is 6.41. The third-order valence-corrected chi connectivity index (χ3v) is 6.53. The van der Waals surface area contributed by atoms with Crippen molar-refractivity contribution in [1.29, 1.82) is 0 Å². The number of piperazine rings is 1. The summed E-state index contributed by atoms with van der Waals surface area (Å²) in [5.74, 6) is 1.16. The van der Waals surface area contributed by atoms with Crippen molar-refractivity contribution in [3.63, 3.8) is 0 Å². The predicted octanol–water partition coefficient (Wildman–Crippen LogP) is 4.22. The van der Waals surface area contributed by atoms with Crippen LogP contribution in [0.2, 0.25) is 0 Å². The Morgan fingerprint density at radius 2 is 1.81 bits per heavy atom. The summed E-state index contributed by atoms with van der Waals surface area (Å²) < 4.78 is 5.43. The van der Waals surface area contributed by atoms with Gasteiger partial charge in [-0.3, -0.25) is 9.59 Å². The SMILES string of the molecule is CC(=O)N1[C@H](C)CN(c2cccc(-c3c[nH]c4ncc(CC(=O)Oc5ccccc5)cc34)n2)C[C@@H]1C. The molecule has 8 nitrogen and oxygen atoms in total. The van der Waals surface area contributed by atoms with Gasteiger partial charge in [0, 0.05) is 55.4 Å². The lowest BCUT2D eigenvalue weighted by Gasteiger charge is -2.44. The predicted molar refractivity (Wildman–Crippen MR) is 139 cm³/mol. The van der Waals surface area contributed by atoms with E-state index in [9.17, 15) is 9.59 Å². The molecule has 2 atom stereocenters. The van der Waals surface area contributed by atoms with Gasteiger partial charge in [-0.1, -0.05) is 24.3 Å². The smallest absolute Gasteiger partial charge is 0.315 e. The van der Waals surface area contributed by atoms with Gasteiger partial charge in [0.1, 0.15) is 17.2 Å². The molecule has 184 valence electrons. The van der Waals surface area contributed by atoms with E-state index in [-0.39, 0.29) is 30.4 Å². The van der Waals surface area contributed by atoms with Crippen LogP contribution in [0.15, 0.2) is 67.0 Å². The highest BCUT2D eigenvalue weighted by Gasteiger charge is 2.31. The van der Waals surface area contributed by atoms with Crippen LogP contribution in [0.4, 0.5) is 5.82 Å². The van der Waals surface area contributed by atoms with Crippen LogP contribution in [0.25, 0.3) is 22.3 Å². The van der Waals surface area contributed by atoms with Gasteiger partial charge in [-0.25, -0.2) is 9.97 Å². The van der Waals surface area contributed by atoms with E-state index < -0.39 is 0 Å². The molecule has 0 radical (unpaired) electrons. The Bertz CT molecular complexity index is 1390. The number of fused-ring (bicyclic) bond motifs is 1. The van der Waals surface area contributed by atoms with Crippen molar-refractivity contribution in [2.75, 3.05) is 18.0 Å². The van der Waals surface area contributed by atoms with Gasteiger partial charge in [-0.05, 0) is 49.7 Å². The highest BCUT2D eigenvalue weighted by Crippen LogP contribution is 2.30. The zero-order chi connectivity index (χ0) is 25.2. The van der Waals surface area contributed by atoms with Crippen molar-refractivity contribution in [2.45, 2.75) is 39.3 Å². The number of carbonyl (C=O) groups is 2. The van der Waals surface area contributed by atoms with E-state index in [4.69, 9.17) is 9.72 Å². The molecule has 0 aliphatic carbocycles. The standard InChI is InChI=1S/C28H29N5O3/c1-18-16-32(17-19(2)33(18)20(3)34)26-11-7-10-25(31-26)24-15-30-28-23(24)12-21(14-29-28)13-27(35)36-22-8-5-4-6-9-22/h4-12,14-15,18-19H,13,16-17H2,1-3H3,(H,29,30)/t18-,19+. The van der Waals surface area contributed by atoms with Crippen molar-refractivity contribution in [3.05, 3.63) is 72.6 Å². The van der Waals surface area contributed by atoms with Gasteiger partial charge in [0.25, 0.3) is 0 Å². The zero-order valence-corrected chi connectivity index (χ0v) is 20.6. The monoisotopic (exact) mass is 483 g/mol. The Morgan fingerprint density at radius 1 is 1.06 bits per heavy atom. The number of rotatable bonds is 5. The lowest BCUT2D eigenvalue weighted by Crippen LogP contribution is -2.58. The van der Waals surface area contributed by atoms with Crippen LogP contribution in [0.1, 0.15) is 26.3 Å². The fourth-order valence-corrected chi connectivity index (χ4v) is 5.06. The molecule has 1 amide bonds. The molecule has 0 bridgehead atoms. The topological polar surface area (TPSA) is 91.4 Å². The first-order chi connectivity index (χ1) is 17.4. The minimum absolute atomic E-state index is 0.103. The van der Waals surface area contributed by atoms with E-state index >= 15 is 0 Å². The molecule has 0 spiro atoms. The van der Waals surface area contributed by atoms with Crippen molar-refractivity contribution in [1.82, 2.24) is 19.9 Å². The number of anilines is 1. The lowest BCUT2D eigenvalue weighted by molar-refractivity contribution is -0.134. The Morgan fingerprint density at radius 3 is 2.53 bits per heavy atom. The van der Waals surface area contributed by atoms with Crippen molar-refractivity contribution < 1.29 is 14.3 Å². The molecular weight excluding hydrogens is 454 g/mol. The van der Waals surface area contributed by atoms with Crippen molar-refractivity contribution in [3.8, 4) is 17.0 Å². The Balaban J connectivity index is 1.38. The number of pyridine rings is 2. The van der Waals surface area contributed by atoms with Crippen molar-refractivity contribution >= 4 is 28.7 Å². The van der Waals surface area contributed by atoms with Gasteiger partial charge in [0.15, 0.2) is 0 Å². The molecular formula is C28H29N5O3. The van der Waals surface area contributed by atoms with Gasteiger partial charge in [-0.2, -0.15) is 0 Å². The molecule has 4 aromatic rings. The maximum Gasteiger partial charge on any atom is 0.315 e. The summed E-state index contributed by atoms with van der Waals surface area (Å²) in [5.41, 5.74) is 3.23. The van der Waals surface area contributed by atoms with Gasteiger partial charge in [-0.15, -0.1) is 0 Å². The number of esters is 1. The second-order valence-electron chi connectivity index (χ2n) is 9.32. The first-order valence-corrected chi connectivity index (χ1v) is 12.1. The largest absolute Gasteiger partial charge is 0.426 e. The van der Waals surface area contributed by atoms with E-state index in [1.165, 1.54) is 0 Å². The Hall–Kier alpha value is -4.20. The van der Waals surface area contributed by atoms with E-state index in [2.05, 4.69) is 28.7 Å². The van der Waals surface area contributed by atoms with Crippen LogP contribution in [0.3, 0.4) is 0 Å². The number of carbonyl (C=O) groups excluding carboxylic acids is 2. The highest BCUT2D eigenvalue weighted by atomic mass is 16.5. The lowest BCUT2D eigenvalue weighted by atomic mass is 10.1. The average molecular weight is 484 g/mol. The van der Waals surface area contributed by atoms with Crippen LogP contribution < -0.4 is 9.64 Å². The zero-order valence-electron chi connectivity index (χ0n) is 20.6. The average Bonchev–Trinajstić information content (AvgIpc) is 3.27. The van der Waals surface area contributed by atoms with Crippen LogP contribution in [-0.4, -0.2) is 56.9 Å². The van der Waals surface area contributed by atoms with Crippen molar-refractivity contribution in [2.24, 2.45) is 0 Å². The molecule has 8 heteroatoms. The number of aromatic amines is 1. The number of ether oxygens (including phenoxy) is 1. The summed E-state index contributed by atoms with van der Waals surface area (Å²) in [5, 5.41) is 0.896. The summed E-state index contributed by atoms with van der Waals surface area (Å²) in [4.78, 5) is 41.3. The molecule has 36 heavy (non-hydrogen) atoms. The summed E-state index contributed by atoms with van der Waals surface area (Å²) in [6.45, 7) is 7.22. The third kappa shape index (κ3) is 4.79. The minimum atomic E-state index is -0.340. The van der Waals surface area contributed by atoms with Gasteiger partial charge in [0.05, 0.1) is 12.1 Å². The molecule has 4 heterocycles. The van der Waals surface area contributed by atoms with Crippen LogP contribution in [0, 0.1) is 0 Å². The maximum absolute atomic E-state index is 12.4. The number of aromatic nitrogens is 3. The molecule has 1 aliphatic rings. The number of amides is 1. The summed E-state index contributed by atoms with van der Waals surface area (Å²) in [6.07, 6.45) is 3.71. The first-order valence-electron chi connectivity index (χ1n) is 12.1. The summed E-state index contributed by atoms with van der Waals surface area (Å²) in [7, 11) is 0. The van der Waals surface area contributed by atoms with Crippen LogP contribution >= 0.6 is 0 Å². The number of nitrogens with zero attached hydrogens (tertiary/aromatic N) is 4. The number of hydrogen-bond acceptors (Lipinski definition) is 6. The van der Waals surface area contributed by atoms with Gasteiger partial charge < -0.3 is 19.5 Å². The number of H-pyrrole nitrogens is 1. The molecule has 0 unspecified atom stereocenters. The fourth-order valence-electron chi connectivity index (χ4n) is 5.06. The molecule has 1 fully saturated rings. The van der Waals surface area contributed by atoms with E-state index in [1.807, 2.05) is 53.6 Å². The normalized spacial score (nSPS) is 17.9. The first kappa shape index (κ1) is 23.5. The van der Waals surface area contributed by atoms with Crippen LogP contribution in [-0.2, 0) is 16.0 Å². The van der Waals surface area contributed by atoms with E-state index in [0.29, 0.717) is 5.75 Å². The number of benzene rings is 1. The quantitative estimate of drug-likeness (QED) is 0.338. The van der Waals surface area contributed by atoms with E-state index in [1.54, 1.807) is 25.3 Å². The second-order valence-corrected chi connectivity index (χ2v) is 9.32. The number of hydrogen-bond donors (Lipinski definition) is 1. The summed E-state index contributed by atoms with van der Waals surface area (Å²) in [6, 6.07) is 17.2. The molecule has 0 saturated carbocycles. The van der Waals surface area contributed by atoms with E-state index in [0.717, 1.165) is 46.8 Å². The van der Waals surface area contributed by atoms with Gasteiger partial charge in [0.2, 0.25) is 5.91 Å². The number of nitrogens with one attached hydrogen (secondary N) is 1. The highest BCUT2D eigenvalue weighted by molar-refractivity contribution is 5.93. The molecule has 3 aromatic heterocycles. The molecule has 1 aromatic carbocycles. The van der Waals surface area contributed by atoms with Gasteiger partial charge >= 0.3 is 5.97 Å². The fraction of sp³-hybridized carbons (Fsp3) is 0.286. The maximum atomic E-state index is 12.4.